The normalized spacial score (nSPS) is 14.5. The van der Waals surface area contributed by atoms with Gasteiger partial charge in [-0.15, -0.1) is 0 Å². The topological polar surface area (TPSA) is 12.9 Å². The fraction of sp³-hybridized carbons (Fsp3) is 0.227. The minimum atomic E-state index is 0.532. The molecular weight excluding hydrogens is 314 g/mol. The summed E-state index contributed by atoms with van der Waals surface area (Å²) in [5.41, 5.74) is 2.89. The molecule has 1 aliphatic carbocycles. The summed E-state index contributed by atoms with van der Waals surface area (Å²) in [6.07, 6.45) is 5.06. The molecule has 24 heavy (non-hydrogen) atoms. The molecule has 1 fully saturated rings. The van der Waals surface area contributed by atoms with E-state index in [9.17, 15) is 0 Å². The van der Waals surface area contributed by atoms with Crippen molar-refractivity contribution in [3.05, 3.63) is 65.3 Å². The second-order valence-corrected chi connectivity index (χ2v) is 6.77. The number of fused-ring (bicyclic) bond motifs is 1. The number of benzene rings is 2. The van der Waals surface area contributed by atoms with Crippen molar-refractivity contribution in [2.24, 2.45) is 5.92 Å². The molecule has 0 amide bonds. The quantitative estimate of drug-likeness (QED) is 0.491. The third-order valence-corrected chi connectivity index (χ3v) is 4.88. The highest BCUT2D eigenvalue weighted by Gasteiger charge is 2.12. The highest BCUT2D eigenvalue weighted by atomic mass is 35.5. The van der Waals surface area contributed by atoms with Gasteiger partial charge < -0.3 is 0 Å². The molecule has 4 rings (SSSR count). The van der Waals surface area contributed by atoms with Crippen molar-refractivity contribution in [3.63, 3.8) is 0 Å². The first-order valence-corrected chi connectivity index (χ1v) is 8.85. The van der Waals surface area contributed by atoms with Crippen molar-refractivity contribution in [1.82, 2.24) is 4.98 Å². The molecule has 2 heteroatoms. The molecule has 0 spiro atoms. The van der Waals surface area contributed by atoms with Crippen LogP contribution < -0.4 is 0 Å². The highest BCUT2D eigenvalue weighted by molar-refractivity contribution is 6.30. The van der Waals surface area contributed by atoms with Gasteiger partial charge in [0.25, 0.3) is 0 Å². The van der Waals surface area contributed by atoms with Gasteiger partial charge in [0.1, 0.15) is 5.69 Å². The zero-order chi connectivity index (χ0) is 16.4. The summed E-state index contributed by atoms with van der Waals surface area (Å²) in [5, 5.41) is 3.04. The van der Waals surface area contributed by atoms with Crippen molar-refractivity contribution in [3.8, 4) is 23.1 Å². The highest BCUT2D eigenvalue weighted by Crippen LogP contribution is 2.27. The Bertz CT molecular complexity index is 926. The molecule has 1 nitrogen and oxygen atoms in total. The molecule has 0 atom stereocenters. The molecule has 0 N–H and O–H groups in total. The molecule has 1 saturated carbocycles. The van der Waals surface area contributed by atoms with E-state index in [0.29, 0.717) is 5.92 Å². The van der Waals surface area contributed by atoms with Gasteiger partial charge >= 0.3 is 0 Å². The van der Waals surface area contributed by atoms with Crippen LogP contribution in [-0.2, 0) is 0 Å². The van der Waals surface area contributed by atoms with Gasteiger partial charge in [-0.3, -0.25) is 0 Å². The van der Waals surface area contributed by atoms with Crippen molar-refractivity contribution in [2.45, 2.75) is 25.7 Å². The number of rotatable bonds is 1. The molecule has 1 heterocycles. The van der Waals surface area contributed by atoms with Crippen LogP contribution >= 0.6 is 11.6 Å². The maximum Gasteiger partial charge on any atom is 0.121 e. The molecule has 0 aliphatic heterocycles. The molecule has 0 bridgehead atoms. The average molecular weight is 332 g/mol. The number of halogens is 1. The molecular formula is C22H18ClN. The van der Waals surface area contributed by atoms with E-state index in [1.165, 1.54) is 31.1 Å². The Morgan fingerprint density at radius 2 is 1.71 bits per heavy atom. The Morgan fingerprint density at radius 3 is 2.50 bits per heavy atom. The second kappa shape index (κ2) is 6.67. The summed E-state index contributed by atoms with van der Waals surface area (Å²) in [4.78, 5) is 4.85. The number of nitrogens with zero attached hydrogens (tertiary/aromatic N) is 1. The fourth-order valence-corrected chi connectivity index (χ4v) is 3.43. The molecule has 1 aliphatic rings. The molecule has 0 unspecified atom stereocenters. The van der Waals surface area contributed by atoms with Gasteiger partial charge in [-0.2, -0.15) is 0 Å². The van der Waals surface area contributed by atoms with Crippen LogP contribution in [0, 0.1) is 17.8 Å². The number of hydrogen-bond acceptors (Lipinski definition) is 1. The van der Waals surface area contributed by atoms with Gasteiger partial charge in [0.05, 0.1) is 5.69 Å². The SMILES string of the molecule is Clc1ccc(-c2cc3ccccc3c(C#CC3CCCC3)n2)cc1. The maximum atomic E-state index is 6.01. The van der Waals surface area contributed by atoms with E-state index < -0.39 is 0 Å². The lowest BCUT2D eigenvalue weighted by atomic mass is 10.0. The lowest BCUT2D eigenvalue weighted by Gasteiger charge is -2.06. The first-order chi connectivity index (χ1) is 11.8. The van der Waals surface area contributed by atoms with Crippen LogP contribution in [0.2, 0.25) is 5.02 Å². The Labute approximate surface area is 147 Å². The standard InChI is InChI=1S/C22H18ClN/c23-19-12-10-17(11-13-19)22-15-18-7-3-4-8-20(18)21(24-22)14-9-16-5-1-2-6-16/h3-4,7-8,10-13,15-16H,1-2,5-6H2. The minimum absolute atomic E-state index is 0.532. The summed E-state index contributed by atoms with van der Waals surface area (Å²) in [7, 11) is 0. The zero-order valence-corrected chi connectivity index (χ0v) is 14.2. The van der Waals surface area contributed by atoms with Crippen LogP contribution in [-0.4, -0.2) is 4.98 Å². The minimum Gasteiger partial charge on any atom is -0.239 e. The lowest BCUT2D eigenvalue weighted by molar-refractivity contribution is 0.712. The van der Waals surface area contributed by atoms with Gasteiger partial charge in [0.2, 0.25) is 0 Å². The van der Waals surface area contributed by atoms with E-state index in [0.717, 1.165) is 27.4 Å². The average Bonchev–Trinajstić information content (AvgIpc) is 3.13. The molecule has 1 aromatic heterocycles. The van der Waals surface area contributed by atoms with E-state index in [4.69, 9.17) is 16.6 Å². The zero-order valence-electron chi connectivity index (χ0n) is 13.4. The molecule has 2 aromatic carbocycles. The van der Waals surface area contributed by atoms with E-state index >= 15 is 0 Å². The van der Waals surface area contributed by atoms with E-state index in [-0.39, 0.29) is 0 Å². The van der Waals surface area contributed by atoms with Gasteiger partial charge in [0.15, 0.2) is 0 Å². The summed E-state index contributed by atoms with van der Waals surface area (Å²) >= 11 is 6.01. The molecule has 0 radical (unpaired) electrons. The smallest absolute Gasteiger partial charge is 0.121 e. The van der Waals surface area contributed by atoms with E-state index in [1.54, 1.807) is 0 Å². The lowest BCUT2D eigenvalue weighted by Crippen LogP contribution is -1.92. The fourth-order valence-electron chi connectivity index (χ4n) is 3.30. The third kappa shape index (κ3) is 3.16. The Hall–Kier alpha value is -2.30. The van der Waals surface area contributed by atoms with E-state index in [1.807, 2.05) is 30.3 Å². The van der Waals surface area contributed by atoms with Crippen LogP contribution in [0.3, 0.4) is 0 Å². The van der Waals surface area contributed by atoms with Crippen molar-refractivity contribution >= 4 is 22.4 Å². The molecule has 3 aromatic rings. The number of aromatic nitrogens is 1. The third-order valence-electron chi connectivity index (χ3n) is 4.63. The van der Waals surface area contributed by atoms with Gasteiger partial charge in [-0.05, 0) is 42.3 Å². The van der Waals surface area contributed by atoms with Gasteiger partial charge in [0, 0.05) is 21.9 Å². The maximum absolute atomic E-state index is 6.01. The number of hydrogen-bond donors (Lipinski definition) is 0. The summed E-state index contributed by atoms with van der Waals surface area (Å²) in [6.45, 7) is 0. The Morgan fingerprint density at radius 1 is 0.958 bits per heavy atom. The van der Waals surface area contributed by atoms with Crippen LogP contribution in [0.4, 0.5) is 0 Å². The monoisotopic (exact) mass is 331 g/mol. The Balaban J connectivity index is 1.82. The van der Waals surface area contributed by atoms with Crippen molar-refractivity contribution < 1.29 is 0 Å². The summed E-state index contributed by atoms with van der Waals surface area (Å²) < 4.78 is 0. The first-order valence-electron chi connectivity index (χ1n) is 8.47. The Kier molecular flexibility index (Phi) is 4.24. The number of pyridine rings is 1. The van der Waals surface area contributed by atoms with E-state index in [2.05, 4.69) is 36.1 Å². The van der Waals surface area contributed by atoms with Crippen LogP contribution in [0.1, 0.15) is 31.4 Å². The van der Waals surface area contributed by atoms with Crippen LogP contribution in [0.25, 0.3) is 22.0 Å². The molecule has 0 saturated heterocycles. The predicted octanol–water partition coefficient (Wildman–Crippen LogP) is 6.10. The van der Waals surface area contributed by atoms with Crippen LogP contribution in [0.15, 0.2) is 54.6 Å². The largest absolute Gasteiger partial charge is 0.239 e. The predicted molar refractivity (Wildman–Crippen MR) is 101 cm³/mol. The van der Waals surface area contributed by atoms with Gasteiger partial charge in [-0.1, -0.05) is 66.8 Å². The van der Waals surface area contributed by atoms with Crippen molar-refractivity contribution in [2.75, 3.05) is 0 Å². The summed E-state index contributed by atoms with van der Waals surface area (Å²) in [6, 6.07) is 18.3. The second-order valence-electron chi connectivity index (χ2n) is 6.33. The van der Waals surface area contributed by atoms with Crippen LogP contribution in [0.5, 0.6) is 0 Å². The van der Waals surface area contributed by atoms with Gasteiger partial charge in [-0.25, -0.2) is 4.98 Å². The summed E-state index contributed by atoms with van der Waals surface area (Å²) in [5.74, 6) is 7.34. The molecule has 118 valence electrons. The first kappa shape index (κ1) is 15.2. The van der Waals surface area contributed by atoms with Crippen molar-refractivity contribution in [1.29, 1.82) is 0 Å².